The molecule has 18 heavy (non-hydrogen) atoms. The fraction of sp³-hybridized carbons (Fsp3) is 0.571. The summed E-state index contributed by atoms with van der Waals surface area (Å²) >= 11 is 8.22. The number of nitrogens with two attached hydrogens (primary N) is 1. The van der Waals surface area contributed by atoms with Crippen molar-refractivity contribution in [2.75, 3.05) is 18.1 Å². The number of thioether (sulfide) groups is 1. The fourth-order valence-electron chi connectivity index (χ4n) is 2.09. The van der Waals surface area contributed by atoms with Gasteiger partial charge in [0.25, 0.3) is 0 Å². The van der Waals surface area contributed by atoms with Crippen LogP contribution in [-0.2, 0) is 6.42 Å². The largest absolute Gasteiger partial charge is 0.488 e. The predicted octanol–water partition coefficient (Wildman–Crippen LogP) is 3.51. The molecular weight excluding hydrogens is 266 g/mol. The summed E-state index contributed by atoms with van der Waals surface area (Å²) < 4.78 is 5.97. The highest BCUT2D eigenvalue weighted by Crippen LogP contribution is 2.29. The van der Waals surface area contributed by atoms with E-state index in [4.69, 9.17) is 22.1 Å². The van der Waals surface area contributed by atoms with E-state index in [0.29, 0.717) is 6.10 Å². The Morgan fingerprint density at radius 1 is 1.44 bits per heavy atom. The molecule has 2 rings (SSSR count). The number of aryl methyl sites for hydroxylation is 1. The molecular formula is C14H20ClNOS. The van der Waals surface area contributed by atoms with E-state index in [1.165, 1.54) is 17.7 Å². The van der Waals surface area contributed by atoms with Gasteiger partial charge in [-0.15, -0.1) is 0 Å². The summed E-state index contributed by atoms with van der Waals surface area (Å²) in [6, 6.07) is 6.09. The lowest BCUT2D eigenvalue weighted by Gasteiger charge is -2.23. The Kier molecular flexibility index (Phi) is 5.67. The van der Waals surface area contributed by atoms with Gasteiger partial charge in [0.05, 0.1) is 5.02 Å². The summed E-state index contributed by atoms with van der Waals surface area (Å²) in [6.45, 7) is 0.717. The summed E-state index contributed by atoms with van der Waals surface area (Å²) in [5, 5.41) is 0.722. The minimum atomic E-state index is 0.316. The molecule has 0 radical (unpaired) electrons. The molecule has 1 aliphatic rings. The van der Waals surface area contributed by atoms with Gasteiger partial charge >= 0.3 is 0 Å². The Morgan fingerprint density at radius 2 is 2.33 bits per heavy atom. The molecule has 100 valence electrons. The molecule has 4 heteroatoms. The van der Waals surface area contributed by atoms with E-state index in [1.807, 2.05) is 23.9 Å². The van der Waals surface area contributed by atoms with E-state index < -0.39 is 0 Å². The first-order valence-electron chi connectivity index (χ1n) is 6.52. The number of halogens is 1. The van der Waals surface area contributed by atoms with Gasteiger partial charge in [-0.2, -0.15) is 11.8 Å². The summed E-state index contributed by atoms with van der Waals surface area (Å²) in [5.74, 6) is 3.15. The summed E-state index contributed by atoms with van der Waals surface area (Å²) in [7, 11) is 0. The molecule has 0 bridgehead atoms. The number of hydrogen-bond acceptors (Lipinski definition) is 3. The van der Waals surface area contributed by atoms with E-state index in [2.05, 4.69) is 6.07 Å². The topological polar surface area (TPSA) is 35.2 Å². The molecule has 1 atom stereocenters. The lowest BCUT2D eigenvalue weighted by Crippen LogP contribution is -2.23. The molecule has 1 heterocycles. The van der Waals surface area contributed by atoms with Crippen LogP contribution in [0.5, 0.6) is 5.75 Å². The van der Waals surface area contributed by atoms with Gasteiger partial charge in [0.15, 0.2) is 0 Å². The van der Waals surface area contributed by atoms with Crippen molar-refractivity contribution in [1.82, 2.24) is 0 Å². The van der Waals surface area contributed by atoms with Crippen molar-refractivity contribution in [3.8, 4) is 5.75 Å². The Bertz CT molecular complexity index is 380. The van der Waals surface area contributed by atoms with Crippen molar-refractivity contribution in [2.24, 2.45) is 5.73 Å². The Labute approximate surface area is 118 Å². The molecule has 1 aromatic rings. The maximum atomic E-state index is 6.26. The lowest BCUT2D eigenvalue weighted by molar-refractivity contribution is 0.211. The molecule has 0 saturated carbocycles. The van der Waals surface area contributed by atoms with Gasteiger partial charge in [0.1, 0.15) is 11.9 Å². The highest BCUT2D eigenvalue weighted by atomic mass is 35.5. The first-order valence-corrected chi connectivity index (χ1v) is 8.06. The van der Waals surface area contributed by atoms with Crippen LogP contribution in [0.2, 0.25) is 5.02 Å². The van der Waals surface area contributed by atoms with Crippen LogP contribution in [0, 0.1) is 0 Å². The zero-order chi connectivity index (χ0) is 12.8. The van der Waals surface area contributed by atoms with Crippen molar-refractivity contribution in [2.45, 2.75) is 31.8 Å². The van der Waals surface area contributed by atoms with Gasteiger partial charge in [-0.1, -0.05) is 17.7 Å². The highest BCUT2D eigenvalue weighted by Gasteiger charge is 2.16. The Morgan fingerprint density at radius 3 is 3.00 bits per heavy atom. The third kappa shape index (κ3) is 4.08. The van der Waals surface area contributed by atoms with Gasteiger partial charge in [-0.3, -0.25) is 0 Å². The molecule has 0 amide bonds. The van der Waals surface area contributed by atoms with Crippen molar-refractivity contribution in [3.05, 3.63) is 28.8 Å². The van der Waals surface area contributed by atoms with E-state index in [0.717, 1.165) is 42.3 Å². The second-order valence-corrected chi connectivity index (χ2v) is 6.17. The SMILES string of the molecule is NCCCc1ccc(OC2CCCSC2)c(Cl)c1. The molecule has 1 unspecified atom stereocenters. The van der Waals surface area contributed by atoms with Crippen LogP contribution in [0.15, 0.2) is 18.2 Å². The molecule has 1 saturated heterocycles. The van der Waals surface area contributed by atoms with Crippen molar-refractivity contribution in [1.29, 1.82) is 0 Å². The van der Waals surface area contributed by atoms with Crippen LogP contribution in [-0.4, -0.2) is 24.2 Å². The van der Waals surface area contributed by atoms with E-state index >= 15 is 0 Å². The maximum Gasteiger partial charge on any atom is 0.138 e. The molecule has 0 aliphatic carbocycles. The monoisotopic (exact) mass is 285 g/mol. The van der Waals surface area contributed by atoms with Crippen LogP contribution in [0.4, 0.5) is 0 Å². The van der Waals surface area contributed by atoms with Crippen molar-refractivity contribution >= 4 is 23.4 Å². The standard InChI is InChI=1S/C14H20ClNOS/c15-13-9-11(3-1-7-16)5-6-14(13)17-12-4-2-8-18-10-12/h5-6,9,12H,1-4,7-8,10,16H2. The van der Waals surface area contributed by atoms with Gasteiger partial charge in [0, 0.05) is 5.75 Å². The fourth-order valence-corrected chi connectivity index (χ4v) is 3.37. The normalized spacial score (nSPS) is 19.8. The Hall–Kier alpha value is -0.380. The van der Waals surface area contributed by atoms with E-state index in [9.17, 15) is 0 Å². The predicted molar refractivity (Wildman–Crippen MR) is 79.8 cm³/mol. The van der Waals surface area contributed by atoms with Crippen molar-refractivity contribution < 1.29 is 4.74 Å². The number of benzene rings is 1. The second-order valence-electron chi connectivity index (χ2n) is 4.61. The van der Waals surface area contributed by atoms with E-state index in [1.54, 1.807) is 0 Å². The zero-order valence-electron chi connectivity index (χ0n) is 10.5. The number of rotatable bonds is 5. The van der Waals surface area contributed by atoms with Gasteiger partial charge in [-0.05, 0) is 55.7 Å². The van der Waals surface area contributed by atoms with Crippen LogP contribution in [0.1, 0.15) is 24.8 Å². The molecule has 1 fully saturated rings. The third-order valence-electron chi connectivity index (χ3n) is 3.08. The Balaban J connectivity index is 1.95. The first kappa shape index (κ1) is 14.0. The lowest BCUT2D eigenvalue weighted by atomic mass is 10.1. The quantitative estimate of drug-likeness (QED) is 0.899. The smallest absolute Gasteiger partial charge is 0.138 e. The molecule has 2 nitrogen and oxygen atoms in total. The molecule has 0 spiro atoms. The minimum absolute atomic E-state index is 0.316. The van der Waals surface area contributed by atoms with Crippen LogP contribution in [0.25, 0.3) is 0 Å². The van der Waals surface area contributed by atoms with E-state index in [-0.39, 0.29) is 0 Å². The zero-order valence-corrected chi connectivity index (χ0v) is 12.1. The number of hydrogen-bond donors (Lipinski definition) is 1. The average Bonchev–Trinajstić information content (AvgIpc) is 2.40. The van der Waals surface area contributed by atoms with Crippen molar-refractivity contribution in [3.63, 3.8) is 0 Å². The molecule has 1 aliphatic heterocycles. The first-order chi connectivity index (χ1) is 8.79. The van der Waals surface area contributed by atoms with Crippen LogP contribution < -0.4 is 10.5 Å². The number of ether oxygens (including phenoxy) is 1. The van der Waals surface area contributed by atoms with Crippen LogP contribution in [0.3, 0.4) is 0 Å². The average molecular weight is 286 g/mol. The third-order valence-corrected chi connectivity index (χ3v) is 4.56. The van der Waals surface area contributed by atoms with Gasteiger partial charge in [0.2, 0.25) is 0 Å². The molecule has 2 N–H and O–H groups in total. The molecule has 0 aromatic heterocycles. The summed E-state index contributed by atoms with van der Waals surface area (Å²) in [6.07, 6.45) is 4.67. The van der Waals surface area contributed by atoms with Gasteiger partial charge < -0.3 is 10.5 Å². The van der Waals surface area contributed by atoms with Crippen LogP contribution >= 0.6 is 23.4 Å². The second kappa shape index (κ2) is 7.27. The minimum Gasteiger partial charge on any atom is -0.488 e. The molecule has 1 aromatic carbocycles. The maximum absolute atomic E-state index is 6.26. The van der Waals surface area contributed by atoms with Gasteiger partial charge in [-0.25, -0.2) is 0 Å². The summed E-state index contributed by atoms with van der Waals surface area (Å²) in [4.78, 5) is 0. The summed E-state index contributed by atoms with van der Waals surface area (Å²) in [5.41, 5.74) is 6.74. The highest BCUT2D eigenvalue weighted by molar-refractivity contribution is 7.99.